The van der Waals surface area contributed by atoms with Crippen molar-refractivity contribution in [3.63, 3.8) is 0 Å². The van der Waals surface area contributed by atoms with Crippen molar-refractivity contribution in [2.24, 2.45) is 5.41 Å². The van der Waals surface area contributed by atoms with Crippen LogP contribution in [0.15, 0.2) is 48.9 Å². The van der Waals surface area contributed by atoms with Gasteiger partial charge in [0.15, 0.2) is 0 Å². The Balaban J connectivity index is 1.61. The van der Waals surface area contributed by atoms with Gasteiger partial charge in [-0.25, -0.2) is 0 Å². The highest BCUT2D eigenvalue weighted by Gasteiger charge is 2.38. The maximum atomic E-state index is 5.85. The largest absolute Gasteiger partial charge is 0.381 e. The van der Waals surface area contributed by atoms with E-state index in [4.69, 9.17) is 4.74 Å². The Bertz CT molecular complexity index is 605. The Morgan fingerprint density at radius 2 is 2.17 bits per heavy atom. The Morgan fingerprint density at radius 3 is 2.92 bits per heavy atom. The zero-order valence-electron chi connectivity index (χ0n) is 14.5. The lowest BCUT2D eigenvalue weighted by atomic mass is 9.82. The van der Waals surface area contributed by atoms with Crippen LogP contribution in [0.2, 0.25) is 0 Å². The van der Waals surface area contributed by atoms with Gasteiger partial charge in [0.05, 0.1) is 6.61 Å². The van der Waals surface area contributed by atoms with Crippen LogP contribution in [0.4, 0.5) is 0 Å². The first-order valence-electron chi connectivity index (χ1n) is 8.89. The number of aryl methyl sites for hydroxylation is 1. The van der Waals surface area contributed by atoms with Crippen molar-refractivity contribution >= 4 is 0 Å². The molecule has 128 valence electrons. The molecule has 2 aromatic rings. The second-order valence-corrected chi connectivity index (χ2v) is 6.78. The molecule has 1 aliphatic rings. The molecule has 0 aliphatic carbocycles. The van der Waals surface area contributed by atoms with Gasteiger partial charge in [-0.1, -0.05) is 12.1 Å². The summed E-state index contributed by atoms with van der Waals surface area (Å²) >= 11 is 0. The van der Waals surface area contributed by atoms with E-state index >= 15 is 0 Å². The summed E-state index contributed by atoms with van der Waals surface area (Å²) in [6.45, 7) is 6.91. The Labute approximate surface area is 144 Å². The van der Waals surface area contributed by atoms with Crippen LogP contribution in [0.5, 0.6) is 0 Å². The summed E-state index contributed by atoms with van der Waals surface area (Å²) in [4.78, 5) is 11.2. The lowest BCUT2D eigenvalue weighted by Gasteiger charge is -2.29. The summed E-state index contributed by atoms with van der Waals surface area (Å²) in [6, 6.07) is 10.3. The number of hydrogen-bond donors (Lipinski definition) is 0. The fourth-order valence-corrected chi connectivity index (χ4v) is 3.56. The first-order chi connectivity index (χ1) is 11.8. The number of rotatable bonds is 8. The van der Waals surface area contributed by atoms with Crippen molar-refractivity contribution in [2.45, 2.75) is 32.7 Å². The Kier molecular flexibility index (Phi) is 5.94. The summed E-state index contributed by atoms with van der Waals surface area (Å²) in [5.74, 6) is 0. The number of pyridine rings is 2. The number of aromatic nitrogens is 2. The maximum absolute atomic E-state index is 5.85. The van der Waals surface area contributed by atoms with E-state index in [-0.39, 0.29) is 5.41 Å². The number of likely N-dealkylation sites (tertiary alicyclic amines) is 1. The van der Waals surface area contributed by atoms with E-state index in [1.54, 1.807) is 0 Å². The maximum Gasteiger partial charge on any atom is 0.0535 e. The summed E-state index contributed by atoms with van der Waals surface area (Å²) in [6.07, 6.45) is 9.03. The second kappa shape index (κ2) is 8.36. The van der Waals surface area contributed by atoms with E-state index in [1.165, 1.54) is 17.7 Å². The predicted molar refractivity (Wildman–Crippen MR) is 95.6 cm³/mol. The summed E-state index contributed by atoms with van der Waals surface area (Å²) < 4.78 is 5.85. The molecular formula is C20H27N3O. The van der Waals surface area contributed by atoms with Crippen molar-refractivity contribution in [3.8, 4) is 0 Å². The third-order valence-corrected chi connectivity index (χ3v) is 4.90. The monoisotopic (exact) mass is 325 g/mol. The summed E-state index contributed by atoms with van der Waals surface area (Å²) in [5.41, 5.74) is 2.71. The average Bonchev–Trinajstić information content (AvgIpc) is 3.03. The minimum atomic E-state index is 0.246. The molecule has 3 rings (SSSR count). The van der Waals surface area contributed by atoms with Crippen LogP contribution < -0.4 is 0 Å². The molecule has 1 aliphatic heterocycles. The minimum Gasteiger partial charge on any atom is -0.381 e. The van der Waals surface area contributed by atoms with E-state index < -0.39 is 0 Å². The van der Waals surface area contributed by atoms with Crippen LogP contribution in [0.3, 0.4) is 0 Å². The number of nitrogens with zero attached hydrogens (tertiary/aromatic N) is 3. The van der Waals surface area contributed by atoms with Crippen LogP contribution in [-0.4, -0.2) is 41.2 Å². The van der Waals surface area contributed by atoms with Crippen molar-refractivity contribution in [1.29, 1.82) is 0 Å². The lowest BCUT2D eigenvalue weighted by molar-refractivity contribution is 0.0488. The highest BCUT2D eigenvalue weighted by molar-refractivity contribution is 5.09. The van der Waals surface area contributed by atoms with Gasteiger partial charge in [-0.05, 0) is 56.5 Å². The van der Waals surface area contributed by atoms with Crippen LogP contribution in [0.1, 0.15) is 31.0 Å². The molecule has 1 fully saturated rings. The molecule has 4 heteroatoms. The second-order valence-electron chi connectivity index (χ2n) is 6.78. The average molecular weight is 325 g/mol. The van der Waals surface area contributed by atoms with Gasteiger partial charge in [0.1, 0.15) is 0 Å². The smallest absolute Gasteiger partial charge is 0.0535 e. The molecule has 0 unspecified atom stereocenters. The molecule has 0 saturated carbocycles. The zero-order chi connectivity index (χ0) is 16.7. The summed E-state index contributed by atoms with van der Waals surface area (Å²) in [5, 5.41) is 0. The standard InChI is InChI=1S/C20H27N3O/c1-2-24-17-20(9-8-19-7-3-4-12-22-19)10-13-23(16-20)15-18-6-5-11-21-14-18/h3-7,11-12,14H,2,8-10,13,15-17H2,1H3/t20-/m0/s1. The summed E-state index contributed by atoms with van der Waals surface area (Å²) in [7, 11) is 0. The normalized spacial score (nSPS) is 21.2. The van der Waals surface area contributed by atoms with Gasteiger partial charge in [-0.2, -0.15) is 0 Å². The van der Waals surface area contributed by atoms with E-state index in [1.807, 2.05) is 30.7 Å². The van der Waals surface area contributed by atoms with Gasteiger partial charge in [0, 0.05) is 49.4 Å². The highest BCUT2D eigenvalue weighted by atomic mass is 16.5. The molecule has 0 aromatic carbocycles. The topological polar surface area (TPSA) is 38.2 Å². The van der Waals surface area contributed by atoms with Gasteiger partial charge in [-0.15, -0.1) is 0 Å². The van der Waals surface area contributed by atoms with Crippen LogP contribution in [-0.2, 0) is 17.7 Å². The molecule has 24 heavy (non-hydrogen) atoms. The molecule has 0 amide bonds. The van der Waals surface area contributed by atoms with Gasteiger partial charge in [0.25, 0.3) is 0 Å². The predicted octanol–water partition coefficient (Wildman–Crippen LogP) is 3.34. The molecule has 3 heterocycles. The third-order valence-electron chi connectivity index (χ3n) is 4.90. The van der Waals surface area contributed by atoms with Crippen molar-refractivity contribution in [2.75, 3.05) is 26.3 Å². The van der Waals surface area contributed by atoms with Gasteiger partial charge in [0.2, 0.25) is 0 Å². The van der Waals surface area contributed by atoms with Crippen molar-refractivity contribution in [1.82, 2.24) is 14.9 Å². The fraction of sp³-hybridized carbons (Fsp3) is 0.500. The molecule has 1 saturated heterocycles. The first kappa shape index (κ1) is 17.1. The Morgan fingerprint density at radius 1 is 1.21 bits per heavy atom. The van der Waals surface area contributed by atoms with Crippen LogP contribution >= 0.6 is 0 Å². The molecule has 1 atom stereocenters. The SMILES string of the molecule is CCOC[C@@]1(CCc2ccccn2)CCN(Cc2cccnc2)C1. The minimum absolute atomic E-state index is 0.246. The van der Waals surface area contributed by atoms with Gasteiger partial charge in [-0.3, -0.25) is 14.9 Å². The lowest BCUT2D eigenvalue weighted by Crippen LogP contribution is -2.32. The zero-order valence-corrected chi connectivity index (χ0v) is 14.5. The molecule has 0 N–H and O–H groups in total. The highest BCUT2D eigenvalue weighted by Crippen LogP contribution is 2.36. The molecule has 0 spiro atoms. The van der Waals surface area contributed by atoms with E-state index in [2.05, 4.69) is 40.0 Å². The first-order valence-corrected chi connectivity index (χ1v) is 8.89. The molecule has 0 bridgehead atoms. The van der Waals surface area contributed by atoms with E-state index in [0.717, 1.165) is 45.7 Å². The molecule has 0 radical (unpaired) electrons. The van der Waals surface area contributed by atoms with Crippen molar-refractivity contribution in [3.05, 3.63) is 60.2 Å². The fourth-order valence-electron chi connectivity index (χ4n) is 3.56. The molecule has 2 aromatic heterocycles. The van der Waals surface area contributed by atoms with Gasteiger partial charge >= 0.3 is 0 Å². The van der Waals surface area contributed by atoms with Crippen molar-refractivity contribution < 1.29 is 4.74 Å². The number of ether oxygens (including phenoxy) is 1. The Hall–Kier alpha value is -1.78. The number of hydrogen-bond acceptors (Lipinski definition) is 4. The molecular weight excluding hydrogens is 298 g/mol. The van der Waals surface area contributed by atoms with E-state index in [0.29, 0.717) is 0 Å². The molecule has 4 nitrogen and oxygen atoms in total. The van der Waals surface area contributed by atoms with Gasteiger partial charge < -0.3 is 4.74 Å². The third kappa shape index (κ3) is 4.62. The quantitative estimate of drug-likeness (QED) is 0.746. The van der Waals surface area contributed by atoms with Crippen LogP contribution in [0, 0.1) is 5.41 Å². The van der Waals surface area contributed by atoms with Crippen LogP contribution in [0.25, 0.3) is 0 Å². The van der Waals surface area contributed by atoms with E-state index in [9.17, 15) is 0 Å².